The van der Waals surface area contributed by atoms with Crippen molar-refractivity contribution < 1.29 is 22.3 Å². The Morgan fingerprint density at radius 1 is 1.05 bits per heavy atom. The summed E-state index contributed by atoms with van der Waals surface area (Å²) in [6, 6.07) is 0. The van der Waals surface area contributed by atoms with Crippen LogP contribution in [0, 0.1) is 11.8 Å². The van der Waals surface area contributed by atoms with Crippen LogP contribution in [-0.4, -0.2) is 44.9 Å². The SMILES string of the molecule is CC(=O)CC(=O)O.CC(C)C[O][Al]([CH3])[O]CC(C)C. The van der Waals surface area contributed by atoms with E-state index in [1.54, 1.807) is 0 Å². The van der Waals surface area contributed by atoms with Crippen molar-refractivity contribution in [2.45, 2.75) is 46.8 Å². The van der Waals surface area contributed by atoms with Gasteiger partial charge in [-0.2, -0.15) is 0 Å². The molecule has 0 unspecified atom stereocenters. The normalized spacial score (nSPS) is 10.1. The summed E-state index contributed by atoms with van der Waals surface area (Å²) in [5.41, 5.74) is 0. The maximum Gasteiger partial charge on any atom is 0.671 e. The highest BCUT2D eigenvalue weighted by Crippen LogP contribution is 1.99. The topological polar surface area (TPSA) is 72.8 Å². The Balaban J connectivity index is 0. The molecule has 0 aliphatic rings. The van der Waals surface area contributed by atoms with E-state index in [-0.39, 0.29) is 12.2 Å². The van der Waals surface area contributed by atoms with E-state index in [4.69, 9.17) is 12.7 Å². The molecule has 1 N–H and O–H groups in total. The fourth-order valence-electron chi connectivity index (χ4n) is 0.917. The van der Waals surface area contributed by atoms with Gasteiger partial charge >= 0.3 is 20.8 Å². The van der Waals surface area contributed by atoms with Crippen LogP contribution in [0.1, 0.15) is 41.0 Å². The van der Waals surface area contributed by atoms with Crippen LogP contribution >= 0.6 is 0 Å². The van der Waals surface area contributed by atoms with E-state index >= 15 is 0 Å². The highest BCUT2D eigenvalue weighted by atomic mass is 27.2. The van der Waals surface area contributed by atoms with Gasteiger partial charge < -0.3 is 12.7 Å². The number of carbonyl (C=O) groups excluding carboxylic acids is 1. The van der Waals surface area contributed by atoms with Gasteiger partial charge in [0.2, 0.25) is 0 Å². The predicted octanol–water partition coefficient (Wildman–Crippen LogP) is 2.50. The van der Waals surface area contributed by atoms with Crippen molar-refractivity contribution in [3.8, 4) is 0 Å². The summed E-state index contributed by atoms with van der Waals surface area (Å²) in [5, 5.41) is 7.86. The number of rotatable bonds is 8. The Kier molecular flexibility index (Phi) is 13.9. The Morgan fingerprint density at radius 3 is 1.58 bits per heavy atom. The molecule has 0 aromatic heterocycles. The molecular weight excluding hydrogens is 263 g/mol. The molecule has 0 spiro atoms. The minimum atomic E-state index is -1.31. The molecule has 0 aromatic carbocycles. The first-order valence-corrected chi connectivity index (χ1v) is 8.69. The monoisotopic (exact) mass is 290 g/mol. The Bertz CT molecular complexity index is 229. The van der Waals surface area contributed by atoms with E-state index in [9.17, 15) is 9.59 Å². The van der Waals surface area contributed by atoms with Gasteiger partial charge in [-0.15, -0.1) is 0 Å². The lowest BCUT2D eigenvalue weighted by atomic mass is 10.2. The number of carboxylic acid groups (broad SMARTS) is 1. The van der Waals surface area contributed by atoms with E-state index in [0.29, 0.717) is 11.8 Å². The average Bonchev–Trinajstić information content (AvgIpc) is 2.22. The first kappa shape index (κ1) is 20.9. The van der Waals surface area contributed by atoms with Crippen LogP contribution in [-0.2, 0) is 17.2 Å². The van der Waals surface area contributed by atoms with Crippen LogP contribution in [0.5, 0.6) is 0 Å². The number of carbonyl (C=O) groups is 2. The molecule has 0 aliphatic heterocycles. The second-order valence-corrected chi connectivity index (χ2v) is 7.10. The molecule has 0 aliphatic carbocycles. The van der Waals surface area contributed by atoms with Crippen LogP contribution in [0.4, 0.5) is 0 Å². The molecule has 5 nitrogen and oxygen atoms in total. The molecule has 19 heavy (non-hydrogen) atoms. The van der Waals surface area contributed by atoms with Gasteiger partial charge in [0, 0.05) is 13.2 Å². The Morgan fingerprint density at radius 2 is 1.42 bits per heavy atom. The average molecular weight is 290 g/mol. The largest absolute Gasteiger partial charge is 0.671 e. The number of carboxylic acids is 1. The molecule has 0 aromatic rings. The van der Waals surface area contributed by atoms with Crippen LogP contribution in [0.15, 0.2) is 0 Å². The first-order valence-electron chi connectivity index (χ1n) is 6.59. The first-order chi connectivity index (χ1) is 8.65. The lowest BCUT2D eigenvalue weighted by molar-refractivity contribution is -0.139. The van der Waals surface area contributed by atoms with E-state index in [0.717, 1.165) is 13.2 Å². The Hall–Kier alpha value is -0.408. The van der Waals surface area contributed by atoms with Crippen molar-refractivity contribution in [1.82, 2.24) is 0 Å². The predicted molar refractivity (Wildman–Crippen MR) is 76.1 cm³/mol. The molecule has 0 amide bonds. The van der Waals surface area contributed by atoms with Gasteiger partial charge in [0.1, 0.15) is 12.2 Å². The number of aliphatic carboxylic acids is 1. The zero-order chi connectivity index (χ0) is 15.4. The molecule has 0 radical (unpaired) electrons. The van der Waals surface area contributed by atoms with Gasteiger partial charge in [0.15, 0.2) is 0 Å². The third-order valence-electron chi connectivity index (χ3n) is 1.73. The fourth-order valence-corrected chi connectivity index (χ4v) is 2.33. The molecule has 6 heteroatoms. The third-order valence-corrected chi connectivity index (χ3v) is 3.05. The molecule has 0 heterocycles. The van der Waals surface area contributed by atoms with Gasteiger partial charge in [-0.3, -0.25) is 9.59 Å². The van der Waals surface area contributed by atoms with Gasteiger partial charge in [-0.25, -0.2) is 0 Å². The zero-order valence-corrected chi connectivity index (χ0v) is 14.1. The maximum atomic E-state index is 9.87. The van der Waals surface area contributed by atoms with Crippen molar-refractivity contribution in [1.29, 1.82) is 0 Å². The van der Waals surface area contributed by atoms with Crippen LogP contribution in [0.25, 0.3) is 0 Å². The van der Waals surface area contributed by atoms with E-state index < -0.39 is 20.8 Å². The van der Waals surface area contributed by atoms with E-state index in [2.05, 4.69) is 33.5 Å². The lowest BCUT2D eigenvalue weighted by Gasteiger charge is -2.13. The summed E-state index contributed by atoms with van der Waals surface area (Å²) in [4.78, 5) is 19.5. The van der Waals surface area contributed by atoms with E-state index in [1.165, 1.54) is 6.92 Å². The maximum absolute atomic E-state index is 9.87. The Labute approximate surface area is 121 Å². The molecule has 0 rings (SSSR count). The smallest absolute Gasteiger partial charge is 0.481 e. The van der Waals surface area contributed by atoms with Crippen molar-refractivity contribution >= 4 is 26.6 Å². The second kappa shape index (κ2) is 12.6. The zero-order valence-electron chi connectivity index (χ0n) is 12.9. The number of hydrogen-bond acceptors (Lipinski definition) is 4. The highest BCUT2D eigenvalue weighted by Gasteiger charge is 2.17. The molecule has 112 valence electrons. The summed E-state index contributed by atoms with van der Waals surface area (Å²) in [7, 11) is 0. The fraction of sp³-hybridized carbons (Fsp3) is 0.846. The standard InChI is InChI=1S/C4H6O3.2C4H9O.CH3.Al/c1-3(5)2-4(6)7;2*1-4(2)3-5;;/h2H2,1H3,(H,6,7);2*4H,3H2,1-2H3;1H3;/q;2*-1;;+2. The van der Waals surface area contributed by atoms with E-state index in [1.807, 2.05) is 0 Å². The molecule has 0 bridgehead atoms. The minimum Gasteiger partial charge on any atom is -0.481 e. The summed E-state index contributed by atoms with van der Waals surface area (Å²) in [6.07, 6.45) is -0.361. The summed E-state index contributed by atoms with van der Waals surface area (Å²) < 4.78 is 11.1. The lowest BCUT2D eigenvalue weighted by Crippen LogP contribution is -2.23. The van der Waals surface area contributed by atoms with Crippen molar-refractivity contribution in [2.24, 2.45) is 11.8 Å². The molecule has 0 atom stereocenters. The van der Waals surface area contributed by atoms with Crippen LogP contribution in [0.2, 0.25) is 5.79 Å². The van der Waals surface area contributed by atoms with Gasteiger partial charge in [0.25, 0.3) is 0 Å². The van der Waals surface area contributed by atoms with Crippen LogP contribution in [0.3, 0.4) is 0 Å². The van der Waals surface area contributed by atoms with Gasteiger partial charge in [-0.1, -0.05) is 33.5 Å². The van der Waals surface area contributed by atoms with Crippen molar-refractivity contribution in [3.05, 3.63) is 0 Å². The van der Waals surface area contributed by atoms with Gasteiger partial charge in [-0.05, 0) is 18.8 Å². The second-order valence-electron chi connectivity index (χ2n) is 5.29. The van der Waals surface area contributed by atoms with Gasteiger partial charge in [0.05, 0.1) is 0 Å². The van der Waals surface area contributed by atoms with Crippen molar-refractivity contribution in [3.63, 3.8) is 0 Å². The molecule has 0 saturated heterocycles. The molecule has 0 saturated carbocycles. The number of hydrogen-bond donors (Lipinski definition) is 1. The molecular formula is C13H27AlO5. The molecule has 0 fully saturated rings. The van der Waals surface area contributed by atoms with Crippen molar-refractivity contribution in [2.75, 3.05) is 13.2 Å². The summed E-state index contributed by atoms with van der Waals surface area (Å²) in [6.45, 7) is 11.5. The quantitative estimate of drug-likeness (QED) is 0.549. The third kappa shape index (κ3) is 23.2. The highest BCUT2D eigenvalue weighted by molar-refractivity contribution is 6.42. The number of ketones is 1. The summed E-state index contributed by atoms with van der Waals surface area (Å²) in [5.74, 6) is 1.94. The number of Topliss-reactive ketones (excluding diaryl/α,β-unsaturated/α-hetero) is 1. The van der Waals surface area contributed by atoms with Crippen LogP contribution < -0.4 is 0 Å². The summed E-state index contributed by atoms with van der Waals surface area (Å²) >= 11 is -1.31. The minimum absolute atomic E-state index is 0.312.